The Labute approximate surface area is 149 Å². The van der Waals surface area contributed by atoms with E-state index in [4.69, 9.17) is 12.2 Å². The van der Waals surface area contributed by atoms with E-state index in [2.05, 4.69) is 39.6 Å². The summed E-state index contributed by atoms with van der Waals surface area (Å²) in [7, 11) is 1.40. The Morgan fingerprint density at radius 3 is 2.50 bits per heavy atom. The van der Waals surface area contributed by atoms with Crippen LogP contribution in [0.5, 0.6) is 0 Å². The van der Waals surface area contributed by atoms with Gasteiger partial charge in [-0.1, -0.05) is 24.3 Å². The maximum absolute atomic E-state index is 11.0. The fourth-order valence-corrected chi connectivity index (χ4v) is 3.07. The minimum Gasteiger partial charge on any atom is -0.469 e. The summed E-state index contributed by atoms with van der Waals surface area (Å²) >= 11 is 5.24. The zero-order valence-electron chi connectivity index (χ0n) is 14.4. The van der Waals surface area contributed by atoms with Gasteiger partial charge in [-0.3, -0.25) is 4.79 Å². The highest BCUT2D eigenvalue weighted by molar-refractivity contribution is 7.80. The number of likely N-dealkylation sites (tertiary alicyclic amines) is 1. The standard InChI is InChI=1S/C18H27N3O2S/c1-23-17(22)5-4-10-19-18(24)20-13-15-6-8-16(9-7-15)14-21-11-2-3-12-21/h6-9H,2-5,10-14H2,1H3,(H2,19,20,24)/p+1. The highest BCUT2D eigenvalue weighted by Crippen LogP contribution is 2.04. The lowest BCUT2D eigenvalue weighted by Gasteiger charge is -2.13. The van der Waals surface area contributed by atoms with Crippen LogP contribution in [0.2, 0.25) is 0 Å². The van der Waals surface area contributed by atoms with Crippen LogP contribution < -0.4 is 15.5 Å². The smallest absolute Gasteiger partial charge is 0.305 e. The Bertz CT molecular complexity index is 528. The first kappa shape index (κ1) is 18.7. The van der Waals surface area contributed by atoms with Gasteiger partial charge in [-0.25, -0.2) is 0 Å². The molecule has 1 heterocycles. The van der Waals surface area contributed by atoms with Crippen LogP contribution in [0.3, 0.4) is 0 Å². The van der Waals surface area contributed by atoms with Crippen LogP contribution in [0, 0.1) is 0 Å². The molecule has 6 heteroatoms. The van der Waals surface area contributed by atoms with Gasteiger partial charge in [0.2, 0.25) is 0 Å². The molecule has 3 N–H and O–H groups in total. The number of carbonyl (C=O) groups is 1. The molecule has 0 unspecified atom stereocenters. The molecular weight excluding hydrogens is 322 g/mol. The van der Waals surface area contributed by atoms with Gasteiger partial charge in [0.1, 0.15) is 6.54 Å². The number of carbonyl (C=O) groups excluding carboxylic acids is 1. The van der Waals surface area contributed by atoms with Gasteiger partial charge in [0.05, 0.1) is 20.2 Å². The van der Waals surface area contributed by atoms with Crippen LogP contribution >= 0.6 is 12.2 Å². The molecule has 1 aromatic carbocycles. The summed E-state index contributed by atoms with van der Waals surface area (Å²) in [6.07, 6.45) is 3.84. The molecule has 0 saturated carbocycles. The summed E-state index contributed by atoms with van der Waals surface area (Å²) in [5, 5.41) is 6.91. The van der Waals surface area contributed by atoms with Crippen LogP contribution in [-0.2, 0) is 22.6 Å². The van der Waals surface area contributed by atoms with Gasteiger partial charge in [-0.05, 0) is 24.2 Å². The Morgan fingerprint density at radius 2 is 1.83 bits per heavy atom. The Hall–Kier alpha value is -1.66. The molecule has 0 amide bonds. The normalized spacial score (nSPS) is 14.4. The van der Waals surface area contributed by atoms with E-state index in [0.29, 0.717) is 31.0 Å². The SMILES string of the molecule is COC(=O)CCCNC(=S)NCc1ccc(C[NH+]2CCCC2)cc1. The van der Waals surface area contributed by atoms with Gasteiger partial charge >= 0.3 is 5.97 Å². The van der Waals surface area contributed by atoms with Crippen molar-refractivity contribution in [3.8, 4) is 0 Å². The number of quaternary nitrogens is 1. The first-order valence-corrected chi connectivity index (χ1v) is 9.08. The first-order chi connectivity index (χ1) is 11.7. The van der Waals surface area contributed by atoms with Crippen molar-refractivity contribution in [1.82, 2.24) is 10.6 Å². The average Bonchev–Trinajstić information content (AvgIpc) is 3.11. The molecule has 2 rings (SSSR count). The second-order valence-electron chi connectivity index (χ2n) is 6.24. The molecular formula is C18H28N3O2S+. The van der Waals surface area contributed by atoms with E-state index in [1.807, 2.05) is 0 Å². The van der Waals surface area contributed by atoms with Gasteiger partial charge in [-0.2, -0.15) is 0 Å². The summed E-state index contributed by atoms with van der Waals surface area (Å²) in [5.74, 6) is -0.188. The third-order valence-electron chi connectivity index (χ3n) is 4.31. The molecule has 1 fully saturated rings. The first-order valence-electron chi connectivity index (χ1n) is 8.67. The van der Waals surface area contributed by atoms with Crippen molar-refractivity contribution in [3.05, 3.63) is 35.4 Å². The molecule has 0 aromatic heterocycles. The molecule has 0 bridgehead atoms. The molecule has 1 aliphatic heterocycles. The molecule has 0 spiro atoms. The largest absolute Gasteiger partial charge is 0.469 e. The number of ether oxygens (including phenoxy) is 1. The van der Waals surface area contributed by atoms with Gasteiger partial charge in [0.15, 0.2) is 5.11 Å². The number of esters is 1. The number of nitrogens with one attached hydrogen (secondary N) is 3. The maximum atomic E-state index is 11.0. The van der Waals surface area contributed by atoms with E-state index in [1.54, 1.807) is 4.90 Å². The fourth-order valence-electron chi connectivity index (χ4n) is 2.90. The van der Waals surface area contributed by atoms with Crippen molar-refractivity contribution in [2.24, 2.45) is 0 Å². The molecule has 0 aliphatic carbocycles. The Kier molecular flexibility index (Phi) is 7.98. The molecule has 1 aliphatic rings. The summed E-state index contributed by atoms with van der Waals surface area (Å²) in [6, 6.07) is 8.76. The topological polar surface area (TPSA) is 54.8 Å². The monoisotopic (exact) mass is 350 g/mol. The van der Waals surface area contributed by atoms with Crippen molar-refractivity contribution in [3.63, 3.8) is 0 Å². The summed E-state index contributed by atoms with van der Waals surface area (Å²) in [6.45, 7) is 5.12. The van der Waals surface area contributed by atoms with Gasteiger partial charge in [0, 0.05) is 37.9 Å². The zero-order chi connectivity index (χ0) is 17.2. The minimum absolute atomic E-state index is 0.188. The number of methoxy groups -OCH3 is 1. The van der Waals surface area contributed by atoms with E-state index in [9.17, 15) is 4.79 Å². The van der Waals surface area contributed by atoms with Gasteiger partial charge in [-0.15, -0.1) is 0 Å². The summed E-state index contributed by atoms with van der Waals surface area (Å²) < 4.78 is 4.60. The quantitative estimate of drug-likeness (QED) is 0.368. The minimum atomic E-state index is -0.188. The van der Waals surface area contributed by atoms with Crippen LogP contribution in [0.15, 0.2) is 24.3 Å². The Morgan fingerprint density at radius 1 is 1.17 bits per heavy atom. The number of thiocarbonyl (C=S) groups is 1. The third-order valence-corrected chi connectivity index (χ3v) is 4.60. The molecule has 0 atom stereocenters. The molecule has 1 saturated heterocycles. The van der Waals surface area contributed by atoms with Crippen molar-refractivity contribution in [2.75, 3.05) is 26.7 Å². The number of hydrogen-bond acceptors (Lipinski definition) is 3. The zero-order valence-corrected chi connectivity index (χ0v) is 15.2. The lowest BCUT2D eigenvalue weighted by molar-refractivity contribution is -0.901. The average molecular weight is 351 g/mol. The second kappa shape index (κ2) is 10.3. The van der Waals surface area contributed by atoms with E-state index in [1.165, 1.54) is 44.2 Å². The number of hydrogen-bond donors (Lipinski definition) is 3. The predicted octanol–water partition coefficient (Wildman–Crippen LogP) is 0.783. The van der Waals surface area contributed by atoms with Crippen LogP contribution in [0.1, 0.15) is 36.8 Å². The van der Waals surface area contributed by atoms with Crippen LogP contribution in [0.25, 0.3) is 0 Å². The van der Waals surface area contributed by atoms with Crippen LogP contribution in [0.4, 0.5) is 0 Å². The van der Waals surface area contributed by atoms with E-state index in [0.717, 1.165) is 6.54 Å². The van der Waals surface area contributed by atoms with Crippen LogP contribution in [-0.4, -0.2) is 37.8 Å². The fraction of sp³-hybridized carbons (Fsp3) is 0.556. The molecule has 132 valence electrons. The Balaban J connectivity index is 1.62. The number of rotatable bonds is 8. The van der Waals surface area contributed by atoms with Gasteiger partial charge in [0.25, 0.3) is 0 Å². The molecule has 24 heavy (non-hydrogen) atoms. The van der Waals surface area contributed by atoms with Crippen molar-refractivity contribution in [2.45, 2.75) is 38.8 Å². The van der Waals surface area contributed by atoms with E-state index < -0.39 is 0 Å². The van der Waals surface area contributed by atoms with E-state index >= 15 is 0 Å². The molecule has 5 nitrogen and oxygen atoms in total. The van der Waals surface area contributed by atoms with Gasteiger partial charge < -0.3 is 20.3 Å². The van der Waals surface area contributed by atoms with E-state index in [-0.39, 0.29) is 5.97 Å². The highest BCUT2D eigenvalue weighted by Gasteiger charge is 2.15. The number of benzene rings is 1. The predicted molar refractivity (Wildman–Crippen MR) is 98.8 cm³/mol. The highest BCUT2D eigenvalue weighted by atomic mass is 32.1. The van der Waals surface area contributed by atoms with Crippen molar-refractivity contribution in [1.29, 1.82) is 0 Å². The third kappa shape index (κ3) is 6.84. The molecule has 1 aromatic rings. The molecule has 0 radical (unpaired) electrons. The maximum Gasteiger partial charge on any atom is 0.305 e. The summed E-state index contributed by atoms with van der Waals surface area (Å²) in [4.78, 5) is 12.7. The lowest BCUT2D eigenvalue weighted by atomic mass is 10.1. The van der Waals surface area contributed by atoms with Crippen molar-refractivity contribution < 1.29 is 14.4 Å². The van der Waals surface area contributed by atoms with Crippen molar-refractivity contribution >= 4 is 23.3 Å². The lowest BCUT2D eigenvalue weighted by Crippen LogP contribution is -3.08. The second-order valence-corrected chi connectivity index (χ2v) is 6.65. The summed E-state index contributed by atoms with van der Waals surface area (Å²) in [5.41, 5.74) is 2.62.